The molecule has 0 N–H and O–H groups in total. The second kappa shape index (κ2) is 9.37. The van der Waals surface area contributed by atoms with E-state index >= 15 is 0 Å². The molecule has 0 spiro atoms. The van der Waals surface area contributed by atoms with Gasteiger partial charge in [-0.25, -0.2) is 0 Å². The molecule has 0 saturated heterocycles. The van der Waals surface area contributed by atoms with Crippen molar-refractivity contribution in [3.63, 3.8) is 0 Å². The highest BCUT2D eigenvalue weighted by Crippen LogP contribution is 2.48. The van der Waals surface area contributed by atoms with Gasteiger partial charge in [-0.05, 0) is 50.7 Å². The Morgan fingerprint density at radius 2 is 1.19 bits per heavy atom. The predicted octanol–water partition coefficient (Wildman–Crippen LogP) is 7.67. The number of hydrogen-bond acceptors (Lipinski definition) is 2. The molecule has 0 aliphatic rings. The fraction of sp³-hybridized carbons (Fsp3) is 0.538. The van der Waals surface area contributed by atoms with E-state index in [9.17, 15) is 0 Å². The molecule has 0 radical (unpaired) electrons. The number of para-hydroxylation sites is 1. The minimum Gasteiger partial charge on any atom is -0.459 e. The lowest BCUT2D eigenvalue weighted by molar-refractivity contribution is 0.561. The van der Waals surface area contributed by atoms with Gasteiger partial charge in [0.15, 0.2) is 15.7 Å². The van der Waals surface area contributed by atoms with Crippen LogP contribution in [0.3, 0.4) is 0 Å². The van der Waals surface area contributed by atoms with Gasteiger partial charge in [0.2, 0.25) is 0 Å². The predicted molar refractivity (Wildman–Crippen MR) is 155 cm³/mol. The summed E-state index contributed by atoms with van der Waals surface area (Å²) in [6.07, 6.45) is 0. The van der Waals surface area contributed by atoms with E-state index in [1.165, 1.54) is 27.9 Å². The zero-order chi connectivity index (χ0) is 24.7. The molecule has 0 amide bonds. The van der Waals surface area contributed by atoms with Gasteiger partial charge in [-0.1, -0.05) is 86.8 Å². The maximum atomic E-state index is 7.72. The molecule has 1 atom stereocenters. The van der Waals surface area contributed by atoms with Gasteiger partial charge in [0, 0.05) is 25.3 Å². The Hall–Kier alpha value is -0.932. The van der Waals surface area contributed by atoms with Crippen molar-refractivity contribution < 1.29 is 4.12 Å². The van der Waals surface area contributed by atoms with Gasteiger partial charge >= 0.3 is 0 Å². The summed E-state index contributed by atoms with van der Waals surface area (Å²) in [6.45, 7) is 27.3. The first kappa shape index (κ1) is 27.3. The second-order valence-corrected chi connectivity index (χ2v) is 43.8. The zero-order valence-electron chi connectivity index (χ0n) is 23.0. The molecule has 2 nitrogen and oxygen atoms in total. The van der Waals surface area contributed by atoms with E-state index in [2.05, 4.69) is 134 Å². The van der Waals surface area contributed by atoms with Gasteiger partial charge in [-0.3, -0.25) is 0 Å². The minimum absolute atomic E-state index is 0.352. The number of anilines is 1. The first-order valence-electron chi connectivity index (χ1n) is 12.0. The summed E-state index contributed by atoms with van der Waals surface area (Å²) < 4.78 is 7.72. The summed E-state index contributed by atoms with van der Waals surface area (Å²) in [5, 5.41) is 0. The van der Waals surface area contributed by atoms with Crippen molar-refractivity contribution in [3.05, 3.63) is 64.7 Å². The molecule has 32 heavy (non-hydrogen) atoms. The van der Waals surface area contributed by atoms with Crippen LogP contribution in [0.5, 0.6) is 0 Å². The van der Waals surface area contributed by atoms with Crippen molar-refractivity contribution in [1.29, 1.82) is 0 Å². The van der Waals surface area contributed by atoms with E-state index in [0.717, 1.165) is 0 Å². The highest BCUT2D eigenvalue weighted by molar-refractivity contribution is 7.67. The van der Waals surface area contributed by atoms with Crippen molar-refractivity contribution in [2.45, 2.75) is 78.3 Å². The lowest BCUT2D eigenvalue weighted by atomic mass is 9.98. The quantitative estimate of drug-likeness (QED) is 0.344. The largest absolute Gasteiger partial charge is 0.459 e. The number of rotatable bonds is 8. The lowest BCUT2D eigenvalue weighted by Crippen LogP contribution is -2.78. The van der Waals surface area contributed by atoms with Gasteiger partial charge in [0.25, 0.3) is 0 Å². The van der Waals surface area contributed by atoms with Crippen LogP contribution in [0.4, 0.5) is 5.69 Å². The standard InChI is InChI=1S/C26H47NOSi4/c1-21-18-22(2)20-23(19-21)26(24-16-14-15-17-25(24)27(3)4)32(30(8,9)10,31(11,12)13)28-29(5,6)7/h14-20,26H,1-13H3. The van der Waals surface area contributed by atoms with Gasteiger partial charge < -0.3 is 9.02 Å². The fourth-order valence-corrected chi connectivity index (χ4v) is 63.0. The SMILES string of the molecule is Cc1cc(C)cc(C(c2ccccc2N(C)C)[Si](O[Si](C)(C)C)([Si](C)(C)C)[Si](C)(C)C)c1. The van der Waals surface area contributed by atoms with Crippen LogP contribution in [0.2, 0.25) is 58.9 Å². The molecule has 2 rings (SSSR count). The Morgan fingerprint density at radius 3 is 1.59 bits per heavy atom. The van der Waals surface area contributed by atoms with Crippen molar-refractivity contribution >= 4 is 36.5 Å². The van der Waals surface area contributed by atoms with Crippen LogP contribution in [0.25, 0.3) is 0 Å². The average Bonchev–Trinajstić information content (AvgIpc) is 2.57. The third kappa shape index (κ3) is 5.58. The zero-order valence-corrected chi connectivity index (χ0v) is 27.0. The number of hydrogen-bond donors (Lipinski definition) is 0. The Bertz CT molecular complexity index is 902. The molecule has 178 valence electrons. The molecule has 1 unspecified atom stereocenters. The maximum Gasteiger partial charge on any atom is 0.169 e. The van der Waals surface area contributed by atoms with Crippen LogP contribution >= 0.6 is 0 Å². The number of aryl methyl sites for hydroxylation is 2. The average molecular weight is 502 g/mol. The smallest absolute Gasteiger partial charge is 0.169 e. The lowest BCUT2D eigenvalue weighted by Gasteiger charge is -2.57. The maximum absolute atomic E-state index is 7.72. The molecule has 0 fully saturated rings. The molecule has 0 bridgehead atoms. The second-order valence-electron chi connectivity index (χ2n) is 12.8. The Morgan fingerprint density at radius 1 is 0.719 bits per heavy atom. The van der Waals surface area contributed by atoms with Crippen molar-refractivity contribution in [1.82, 2.24) is 0 Å². The first-order chi connectivity index (χ1) is 14.4. The molecular weight excluding hydrogens is 455 g/mol. The number of benzene rings is 2. The highest BCUT2D eigenvalue weighted by atomic mass is 29.7. The molecule has 0 aliphatic heterocycles. The van der Waals surface area contributed by atoms with E-state index in [1.54, 1.807) is 0 Å². The molecule has 0 aromatic heterocycles. The van der Waals surface area contributed by atoms with E-state index in [4.69, 9.17) is 4.12 Å². The highest BCUT2D eigenvalue weighted by Gasteiger charge is 2.63. The number of nitrogens with zero attached hydrogens (tertiary/aromatic N) is 1. The van der Waals surface area contributed by atoms with E-state index in [1.807, 2.05) is 0 Å². The Labute approximate surface area is 202 Å². The van der Waals surface area contributed by atoms with E-state index in [-0.39, 0.29) is 0 Å². The molecule has 0 heterocycles. The van der Waals surface area contributed by atoms with Crippen LogP contribution in [0.1, 0.15) is 27.8 Å². The molecule has 0 saturated carbocycles. The van der Waals surface area contributed by atoms with Crippen LogP contribution < -0.4 is 4.90 Å². The minimum atomic E-state index is -2.26. The van der Waals surface area contributed by atoms with Crippen molar-refractivity contribution in [2.24, 2.45) is 0 Å². The molecule has 2 aromatic rings. The Balaban J connectivity index is 3.10. The van der Waals surface area contributed by atoms with Gasteiger partial charge in [-0.2, -0.15) is 0 Å². The van der Waals surface area contributed by atoms with Gasteiger partial charge in [0.1, 0.15) is 0 Å². The summed E-state index contributed by atoms with van der Waals surface area (Å²) in [6, 6.07) is 16.3. The van der Waals surface area contributed by atoms with E-state index in [0.29, 0.717) is 5.54 Å². The van der Waals surface area contributed by atoms with Crippen molar-refractivity contribution in [2.75, 3.05) is 19.0 Å². The Kier molecular flexibility index (Phi) is 8.00. The van der Waals surface area contributed by atoms with Crippen LogP contribution in [0, 0.1) is 13.8 Å². The third-order valence-corrected chi connectivity index (χ3v) is 46.5. The summed E-state index contributed by atoms with van der Waals surface area (Å²) in [7, 11) is -3.10. The van der Waals surface area contributed by atoms with Gasteiger partial charge in [0.05, 0.1) is 15.2 Å². The molecule has 6 heteroatoms. The van der Waals surface area contributed by atoms with Crippen LogP contribution in [-0.4, -0.2) is 44.9 Å². The fourth-order valence-electron chi connectivity index (χ4n) is 5.79. The molecule has 0 aliphatic carbocycles. The van der Waals surface area contributed by atoms with Crippen molar-refractivity contribution in [3.8, 4) is 0 Å². The monoisotopic (exact) mass is 501 g/mol. The summed E-state index contributed by atoms with van der Waals surface area (Å²) >= 11 is 0. The van der Waals surface area contributed by atoms with Crippen LogP contribution in [0.15, 0.2) is 42.5 Å². The first-order valence-corrected chi connectivity index (χ1v) is 26.3. The van der Waals surface area contributed by atoms with Crippen LogP contribution in [-0.2, 0) is 4.12 Å². The third-order valence-electron chi connectivity index (χ3n) is 6.41. The van der Waals surface area contributed by atoms with Gasteiger partial charge in [-0.15, -0.1) is 0 Å². The molecular formula is C26H47NOSi4. The topological polar surface area (TPSA) is 12.5 Å². The molecule has 2 aromatic carbocycles. The summed E-state index contributed by atoms with van der Waals surface area (Å²) in [5.74, 6) is 0. The van der Waals surface area contributed by atoms with E-state index < -0.39 is 30.9 Å². The summed E-state index contributed by atoms with van der Waals surface area (Å²) in [5.41, 5.74) is 7.35. The summed E-state index contributed by atoms with van der Waals surface area (Å²) in [4.78, 5) is 2.30. The normalized spacial score (nSPS) is 14.4.